The fourth-order valence-corrected chi connectivity index (χ4v) is 0.774. The van der Waals surface area contributed by atoms with Gasteiger partial charge < -0.3 is 4.74 Å². The van der Waals surface area contributed by atoms with Crippen molar-refractivity contribution in [3.05, 3.63) is 23.5 Å². The van der Waals surface area contributed by atoms with Crippen LogP contribution in [0.1, 0.15) is 0 Å². The topological polar surface area (TPSA) is 9.23 Å². The first-order valence-electron chi connectivity index (χ1n) is 3.05. The molecule has 0 N–H and O–H groups in total. The number of benzene rings is 1. The predicted octanol–water partition coefficient (Wildman–Crippen LogP) is 0.906. The van der Waals surface area contributed by atoms with E-state index in [1.807, 2.05) is 0 Å². The fraction of sp³-hybridized carbons (Fsp3) is 0.143. The third-order valence-corrected chi connectivity index (χ3v) is 1.37. The lowest BCUT2D eigenvalue weighted by atomic mass is 9.94. The molecule has 0 aliphatic rings. The van der Waals surface area contributed by atoms with Gasteiger partial charge in [0.15, 0.2) is 17.4 Å². The highest BCUT2D eigenvalue weighted by atomic mass is 19.1. The van der Waals surface area contributed by atoms with Gasteiger partial charge in [0, 0.05) is 6.07 Å². The van der Waals surface area contributed by atoms with Crippen molar-refractivity contribution in [3.8, 4) is 5.75 Å². The van der Waals surface area contributed by atoms with Crippen LogP contribution in [0.3, 0.4) is 0 Å². The highest BCUT2D eigenvalue weighted by Gasteiger charge is 2.15. The summed E-state index contributed by atoms with van der Waals surface area (Å²) in [6.45, 7) is 0. The van der Waals surface area contributed by atoms with Crippen molar-refractivity contribution in [2.45, 2.75) is 0 Å². The molecule has 0 aromatic heterocycles. The van der Waals surface area contributed by atoms with Gasteiger partial charge in [0.25, 0.3) is 0 Å². The van der Waals surface area contributed by atoms with E-state index in [-0.39, 0.29) is 0 Å². The Balaban J connectivity index is 3.40. The van der Waals surface area contributed by atoms with Gasteiger partial charge in [-0.2, -0.15) is 0 Å². The third-order valence-electron chi connectivity index (χ3n) is 1.37. The van der Waals surface area contributed by atoms with E-state index in [1.54, 1.807) is 0 Å². The standard InChI is InChI=1S/C7H4BF3O/c1-12-7-4(10)2-3(9)5(8)6(7)11/h2H,1H3. The van der Waals surface area contributed by atoms with Crippen LogP contribution in [0, 0.1) is 17.5 Å². The van der Waals surface area contributed by atoms with Crippen LogP contribution in [0.25, 0.3) is 0 Å². The number of halogens is 3. The van der Waals surface area contributed by atoms with Gasteiger partial charge in [-0.15, -0.1) is 0 Å². The van der Waals surface area contributed by atoms with Crippen LogP contribution in [-0.2, 0) is 0 Å². The van der Waals surface area contributed by atoms with Gasteiger partial charge in [0.1, 0.15) is 13.7 Å². The molecule has 12 heavy (non-hydrogen) atoms. The van der Waals surface area contributed by atoms with Gasteiger partial charge in [0.05, 0.1) is 7.11 Å². The largest absolute Gasteiger partial charge is 0.491 e. The summed E-state index contributed by atoms with van der Waals surface area (Å²) in [5.74, 6) is -4.13. The van der Waals surface area contributed by atoms with Gasteiger partial charge in [-0.3, -0.25) is 0 Å². The molecule has 1 nitrogen and oxygen atoms in total. The second-order valence-corrected chi connectivity index (χ2v) is 2.10. The maximum Gasteiger partial charge on any atom is 0.189 e. The first-order chi connectivity index (χ1) is 5.57. The lowest BCUT2D eigenvalue weighted by molar-refractivity contribution is 0.358. The van der Waals surface area contributed by atoms with Crippen molar-refractivity contribution in [1.29, 1.82) is 0 Å². The van der Waals surface area contributed by atoms with Crippen molar-refractivity contribution >= 4 is 13.3 Å². The Hall–Kier alpha value is -1.13. The highest BCUT2D eigenvalue weighted by Crippen LogP contribution is 2.19. The molecule has 0 spiro atoms. The van der Waals surface area contributed by atoms with E-state index in [4.69, 9.17) is 7.85 Å². The van der Waals surface area contributed by atoms with Crippen molar-refractivity contribution < 1.29 is 17.9 Å². The van der Waals surface area contributed by atoms with Gasteiger partial charge in [-0.25, -0.2) is 13.2 Å². The highest BCUT2D eigenvalue weighted by molar-refractivity contribution is 6.32. The molecule has 0 fully saturated rings. The van der Waals surface area contributed by atoms with E-state index in [0.717, 1.165) is 7.11 Å². The lowest BCUT2D eigenvalue weighted by Crippen LogP contribution is -2.16. The molecule has 0 heterocycles. The Kier molecular flexibility index (Phi) is 2.31. The summed E-state index contributed by atoms with van der Waals surface area (Å²) in [6.07, 6.45) is 0. The number of methoxy groups -OCH3 is 1. The SMILES string of the molecule is [B]c1c(F)cc(F)c(OC)c1F. The van der Waals surface area contributed by atoms with Crippen molar-refractivity contribution in [1.82, 2.24) is 0 Å². The average molecular weight is 172 g/mol. The lowest BCUT2D eigenvalue weighted by Gasteiger charge is -2.06. The Bertz CT molecular complexity index is 314. The number of hydrogen-bond donors (Lipinski definition) is 0. The molecule has 0 atom stereocenters. The molecule has 1 rings (SSSR count). The second kappa shape index (κ2) is 3.09. The minimum atomic E-state index is -1.21. The van der Waals surface area contributed by atoms with E-state index in [2.05, 4.69) is 4.74 Å². The van der Waals surface area contributed by atoms with Gasteiger partial charge in [0.2, 0.25) is 0 Å². The molecule has 62 valence electrons. The van der Waals surface area contributed by atoms with Gasteiger partial charge in [-0.05, 0) is 5.46 Å². The van der Waals surface area contributed by atoms with Crippen LogP contribution in [0.5, 0.6) is 5.75 Å². The van der Waals surface area contributed by atoms with Crippen LogP contribution < -0.4 is 10.2 Å². The summed E-state index contributed by atoms with van der Waals surface area (Å²) in [5, 5.41) is 0. The quantitative estimate of drug-likeness (QED) is 0.572. The zero-order valence-corrected chi connectivity index (χ0v) is 6.20. The normalized spacial score (nSPS) is 10.0. The Morgan fingerprint density at radius 2 is 1.83 bits per heavy atom. The van der Waals surface area contributed by atoms with Gasteiger partial charge >= 0.3 is 0 Å². The maximum absolute atomic E-state index is 12.8. The van der Waals surface area contributed by atoms with E-state index in [0.29, 0.717) is 6.07 Å². The maximum atomic E-state index is 12.8. The zero-order valence-electron chi connectivity index (χ0n) is 6.20. The minimum Gasteiger partial charge on any atom is -0.491 e. The average Bonchev–Trinajstić information content (AvgIpc) is 2.01. The summed E-state index contributed by atoms with van der Waals surface area (Å²) in [4.78, 5) is 0. The summed E-state index contributed by atoms with van der Waals surface area (Å²) in [6, 6.07) is 0.469. The van der Waals surface area contributed by atoms with E-state index < -0.39 is 28.7 Å². The molecule has 1 aromatic rings. The van der Waals surface area contributed by atoms with E-state index in [1.165, 1.54) is 0 Å². The van der Waals surface area contributed by atoms with Crippen molar-refractivity contribution in [2.24, 2.45) is 0 Å². The third kappa shape index (κ3) is 1.26. The molecular weight excluding hydrogens is 168 g/mol. The molecule has 0 bridgehead atoms. The first kappa shape index (κ1) is 8.97. The van der Waals surface area contributed by atoms with Crippen LogP contribution in [0.15, 0.2) is 6.07 Å². The Morgan fingerprint density at radius 3 is 2.33 bits per heavy atom. The van der Waals surface area contributed by atoms with Crippen LogP contribution in [-0.4, -0.2) is 15.0 Å². The zero-order chi connectivity index (χ0) is 9.30. The van der Waals surface area contributed by atoms with Crippen LogP contribution in [0.2, 0.25) is 0 Å². The molecule has 0 aliphatic heterocycles. The monoisotopic (exact) mass is 172 g/mol. The minimum absolute atomic E-state index is 0.469. The van der Waals surface area contributed by atoms with Crippen molar-refractivity contribution in [3.63, 3.8) is 0 Å². The van der Waals surface area contributed by atoms with Gasteiger partial charge in [-0.1, -0.05) is 0 Å². The molecule has 0 unspecified atom stereocenters. The number of hydrogen-bond acceptors (Lipinski definition) is 1. The van der Waals surface area contributed by atoms with E-state index >= 15 is 0 Å². The van der Waals surface area contributed by atoms with E-state index in [9.17, 15) is 13.2 Å². The summed E-state index contributed by atoms with van der Waals surface area (Å²) in [7, 11) is 6.00. The van der Waals surface area contributed by atoms with Crippen molar-refractivity contribution in [2.75, 3.05) is 7.11 Å². The Labute approximate surface area is 68.6 Å². The fourth-order valence-electron chi connectivity index (χ4n) is 0.774. The molecule has 0 aliphatic carbocycles. The van der Waals surface area contributed by atoms with Crippen LogP contribution in [0.4, 0.5) is 13.2 Å². The number of ether oxygens (including phenoxy) is 1. The predicted molar refractivity (Wildman–Crippen MR) is 38.3 cm³/mol. The summed E-state index contributed by atoms with van der Waals surface area (Å²) < 4.78 is 42.2. The summed E-state index contributed by atoms with van der Waals surface area (Å²) >= 11 is 0. The first-order valence-corrected chi connectivity index (χ1v) is 3.05. The molecule has 2 radical (unpaired) electrons. The Morgan fingerprint density at radius 1 is 1.25 bits per heavy atom. The van der Waals surface area contributed by atoms with Crippen LogP contribution >= 0.6 is 0 Å². The molecule has 0 amide bonds. The smallest absolute Gasteiger partial charge is 0.189 e. The summed E-state index contributed by atoms with van der Waals surface area (Å²) in [5.41, 5.74) is -0.742. The molecule has 0 saturated heterocycles. The molecule has 0 saturated carbocycles. The number of rotatable bonds is 1. The second-order valence-electron chi connectivity index (χ2n) is 2.10. The molecule has 5 heteroatoms. The molecular formula is C7H4BF3O. The molecule has 1 aromatic carbocycles.